The van der Waals surface area contributed by atoms with E-state index >= 15 is 0 Å². The van der Waals surface area contributed by atoms with Gasteiger partial charge in [-0.3, -0.25) is 9.10 Å². The van der Waals surface area contributed by atoms with Gasteiger partial charge in [0.25, 0.3) is 15.9 Å². The number of benzene rings is 2. The Morgan fingerprint density at radius 3 is 2.44 bits per heavy atom. The Labute approximate surface area is 144 Å². The number of para-hydroxylation sites is 1. The summed E-state index contributed by atoms with van der Waals surface area (Å²) < 4.78 is 26.2. The van der Waals surface area contributed by atoms with Gasteiger partial charge in [0.1, 0.15) is 0 Å². The van der Waals surface area contributed by atoms with E-state index in [2.05, 4.69) is 5.32 Å². The fourth-order valence-electron chi connectivity index (χ4n) is 2.50. The van der Waals surface area contributed by atoms with Crippen molar-refractivity contribution >= 4 is 33.1 Å². The number of nitrogens with one attached hydrogen (secondary N) is 1. The van der Waals surface area contributed by atoms with Crippen LogP contribution in [0.5, 0.6) is 0 Å². The quantitative estimate of drug-likeness (QED) is 0.858. The molecule has 126 valence electrons. The summed E-state index contributed by atoms with van der Waals surface area (Å²) in [5, 5.41) is 21.6. The van der Waals surface area contributed by atoms with E-state index in [1.54, 1.807) is 18.2 Å². The molecule has 0 fully saturated rings. The monoisotopic (exact) mass is 355 g/mol. The van der Waals surface area contributed by atoms with Gasteiger partial charge in [-0.05, 0) is 36.4 Å². The topological polar surface area (TPSA) is 110 Å². The highest BCUT2D eigenvalue weighted by molar-refractivity contribution is 7.97. The molecule has 0 aromatic heterocycles. The minimum atomic E-state index is -4.20. The first-order chi connectivity index (χ1) is 11.9. The Kier molecular flexibility index (Phi) is 3.94. The van der Waals surface area contributed by atoms with Crippen LogP contribution in [-0.4, -0.2) is 26.5 Å². The molecule has 0 radical (unpaired) electrons. The van der Waals surface area contributed by atoms with Crippen molar-refractivity contribution in [3.05, 3.63) is 64.6 Å². The normalized spacial score (nSPS) is 15.3. The largest absolute Gasteiger partial charge is 0.506 e. The van der Waals surface area contributed by atoms with Crippen LogP contribution in [0.3, 0.4) is 0 Å². The van der Waals surface area contributed by atoms with Crippen LogP contribution in [0, 0.1) is 11.3 Å². The number of nitrogens with zero attached hydrogens (tertiary/aromatic N) is 2. The van der Waals surface area contributed by atoms with E-state index in [0.717, 1.165) is 4.31 Å². The summed E-state index contributed by atoms with van der Waals surface area (Å²) in [6.07, 6.45) is 0. The number of amides is 1. The summed E-state index contributed by atoms with van der Waals surface area (Å²) >= 11 is 0. The van der Waals surface area contributed by atoms with Gasteiger partial charge in [0.2, 0.25) is 0 Å². The Morgan fingerprint density at radius 2 is 1.80 bits per heavy atom. The summed E-state index contributed by atoms with van der Waals surface area (Å²) in [7, 11) is -2.88. The molecule has 1 amide bonds. The van der Waals surface area contributed by atoms with Crippen molar-refractivity contribution in [3.8, 4) is 6.07 Å². The van der Waals surface area contributed by atoms with Gasteiger partial charge in [-0.2, -0.15) is 5.26 Å². The maximum Gasteiger partial charge on any atom is 0.273 e. The molecule has 25 heavy (non-hydrogen) atoms. The molecule has 0 atom stereocenters. The molecule has 0 spiro atoms. The molecule has 0 bridgehead atoms. The number of carbonyl (C=O) groups is 1. The van der Waals surface area contributed by atoms with Crippen molar-refractivity contribution in [3.63, 3.8) is 0 Å². The van der Waals surface area contributed by atoms with Gasteiger partial charge in [-0.15, -0.1) is 0 Å². The molecule has 3 rings (SSSR count). The lowest BCUT2D eigenvalue weighted by Crippen LogP contribution is -2.37. The highest BCUT2D eigenvalue weighted by Crippen LogP contribution is 2.37. The number of anilines is 2. The molecule has 1 heterocycles. The van der Waals surface area contributed by atoms with E-state index < -0.39 is 26.6 Å². The van der Waals surface area contributed by atoms with Gasteiger partial charge in [-0.1, -0.05) is 12.1 Å². The number of carbonyl (C=O) groups excluding carboxylic acids is 1. The van der Waals surface area contributed by atoms with Crippen molar-refractivity contribution in [1.82, 2.24) is 0 Å². The minimum absolute atomic E-state index is 0.254. The van der Waals surface area contributed by atoms with Gasteiger partial charge in [0.05, 0.1) is 17.3 Å². The van der Waals surface area contributed by atoms with Crippen LogP contribution in [0.2, 0.25) is 0 Å². The average Bonchev–Trinajstić information content (AvgIpc) is 2.60. The standard InChI is InChI=1S/C17H13N3O4S/c1-20-14-5-3-2-4-13(14)15(21)16(25(20,23)24)17(22)19-12-8-6-11(10-18)7-9-12/h2-9,21H,1H3,(H,19,22). The van der Waals surface area contributed by atoms with Gasteiger partial charge >= 0.3 is 0 Å². The van der Waals surface area contributed by atoms with E-state index in [0.29, 0.717) is 11.3 Å². The molecule has 0 saturated heterocycles. The number of sulfonamides is 1. The maximum atomic E-state index is 12.6. The van der Waals surface area contributed by atoms with Crippen LogP contribution < -0.4 is 9.62 Å². The summed E-state index contributed by atoms with van der Waals surface area (Å²) in [4.78, 5) is 11.8. The van der Waals surface area contributed by atoms with E-state index in [1.807, 2.05) is 6.07 Å². The highest BCUT2D eigenvalue weighted by Gasteiger charge is 2.39. The third-order valence-corrected chi connectivity index (χ3v) is 5.62. The predicted octanol–water partition coefficient (Wildman–Crippen LogP) is 2.20. The predicted molar refractivity (Wildman–Crippen MR) is 93.1 cm³/mol. The first-order valence-corrected chi connectivity index (χ1v) is 8.63. The number of aliphatic hydroxyl groups excluding tert-OH is 1. The molecule has 1 aliphatic rings. The molecule has 0 aliphatic carbocycles. The number of hydrogen-bond donors (Lipinski definition) is 2. The molecular weight excluding hydrogens is 342 g/mol. The third kappa shape index (κ3) is 2.70. The second-order valence-corrected chi connectivity index (χ2v) is 7.22. The van der Waals surface area contributed by atoms with Gasteiger partial charge < -0.3 is 10.4 Å². The first-order valence-electron chi connectivity index (χ1n) is 7.19. The Balaban J connectivity index is 2.04. The number of fused-ring (bicyclic) bond motifs is 1. The fraction of sp³-hybridized carbons (Fsp3) is 0.0588. The maximum absolute atomic E-state index is 12.6. The number of nitriles is 1. The first kappa shape index (κ1) is 16.5. The van der Waals surface area contributed by atoms with Crippen LogP contribution >= 0.6 is 0 Å². The SMILES string of the molecule is CN1c2ccccc2C(O)=C(C(=O)Nc2ccc(C#N)cc2)S1(=O)=O. The van der Waals surface area contributed by atoms with Gasteiger partial charge in [-0.25, -0.2) is 8.42 Å². The van der Waals surface area contributed by atoms with Crippen molar-refractivity contribution in [1.29, 1.82) is 5.26 Å². The second-order valence-electron chi connectivity index (χ2n) is 5.31. The smallest absolute Gasteiger partial charge is 0.273 e. The molecule has 2 aromatic rings. The average molecular weight is 355 g/mol. The van der Waals surface area contributed by atoms with Crippen LogP contribution in [0.4, 0.5) is 11.4 Å². The number of aliphatic hydroxyl groups is 1. The lowest BCUT2D eigenvalue weighted by molar-refractivity contribution is -0.112. The molecular formula is C17H13N3O4S. The van der Waals surface area contributed by atoms with E-state index in [4.69, 9.17) is 5.26 Å². The van der Waals surface area contributed by atoms with Crippen molar-refractivity contribution in [2.45, 2.75) is 0 Å². The number of hydrogen-bond acceptors (Lipinski definition) is 5. The summed E-state index contributed by atoms with van der Waals surface area (Å²) in [6.45, 7) is 0. The molecule has 2 N–H and O–H groups in total. The summed E-state index contributed by atoms with van der Waals surface area (Å²) in [6, 6.07) is 14.2. The second kappa shape index (κ2) is 5.96. The lowest BCUT2D eigenvalue weighted by atomic mass is 10.1. The summed E-state index contributed by atoms with van der Waals surface area (Å²) in [5.74, 6) is -1.55. The van der Waals surface area contributed by atoms with Crippen molar-refractivity contribution in [2.24, 2.45) is 0 Å². The zero-order chi connectivity index (χ0) is 18.2. The Hall–Kier alpha value is -3.31. The molecule has 0 saturated carbocycles. The van der Waals surface area contributed by atoms with Gasteiger partial charge in [0, 0.05) is 18.3 Å². The zero-order valence-corrected chi connectivity index (χ0v) is 13.9. The number of rotatable bonds is 2. The molecule has 7 nitrogen and oxygen atoms in total. The molecule has 2 aromatic carbocycles. The molecule has 8 heteroatoms. The van der Waals surface area contributed by atoms with E-state index in [-0.39, 0.29) is 11.3 Å². The van der Waals surface area contributed by atoms with E-state index in [9.17, 15) is 18.3 Å². The molecule has 1 aliphatic heterocycles. The van der Waals surface area contributed by atoms with Gasteiger partial charge in [0.15, 0.2) is 10.7 Å². The molecule has 0 unspecified atom stereocenters. The van der Waals surface area contributed by atoms with Crippen LogP contribution in [0.25, 0.3) is 5.76 Å². The minimum Gasteiger partial charge on any atom is -0.506 e. The Morgan fingerprint density at radius 1 is 1.16 bits per heavy atom. The van der Waals surface area contributed by atoms with Crippen molar-refractivity contribution in [2.75, 3.05) is 16.7 Å². The van der Waals surface area contributed by atoms with Crippen LogP contribution in [0.15, 0.2) is 53.4 Å². The third-order valence-electron chi connectivity index (χ3n) is 3.81. The van der Waals surface area contributed by atoms with Crippen molar-refractivity contribution < 1.29 is 18.3 Å². The van der Waals surface area contributed by atoms with E-state index in [1.165, 1.54) is 37.4 Å². The lowest BCUT2D eigenvalue weighted by Gasteiger charge is -2.28. The van der Waals surface area contributed by atoms with Crippen LogP contribution in [-0.2, 0) is 14.8 Å². The Bertz CT molecular complexity index is 1030. The zero-order valence-electron chi connectivity index (χ0n) is 13.1. The fourth-order valence-corrected chi connectivity index (χ4v) is 3.83. The summed E-state index contributed by atoms with van der Waals surface area (Å²) in [5.41, 5.74) is 1.25. The highest BCUT2D eigenvalue weighted by atomic mass is 32.2. The van der Waals surface area contributed by atoms with Crippen LogP contribution in [0.1, 0.15) is 11.1 Å².